The van der Waals surface area contributed by atoms with Crippen LogP contribution in [0.1, 0.15) is 213 Å². The fourth-order valence-electron chi connectivity index (χ4n) is 7.96. The van der Waals surface area contributed by atoms with Gasteiger partial charge in [0.2, 0.25) is 5.91 Å². The summed E-state index contributed by atoms with van der Waals surface area (Å²) in [4.78, 5) is 13.1. The Bertz CT molecular complexity index is 1300. The van der Waals surface area contributed by atoms with Crippen molar-refractivity contribution >= 4 is 16.3 Å². The average Bonchev–Trinajstić information content (AvgIpc) is 3.27. The minimum Gasteiger partial charge on any atom is -0.394 e. The van der Waals surface area contributed by atoms with Gasteiger partial charge in [0, 0.05) is 0 Å². The van der Waals surface area contributed by atoms with Gasteiger partial charge in [0.15, 0.2) is 6.29 Å². The molecule has 1 aliphatic rings. The number of hydrogen-bond donors (Lipinski definition) is 7. The second-order valence-electron chi connectivity index (χ2n) is 17.9. The first-order valence-corrected chi connectivity index (χ1v) is 26.8. The Balaban J connectivity index is 2.57. The van der Waals surface area contributed by atoms with Crippen LogP contribution in [0.4, 0.5) is 0 Å². The molecule has 1 rings (SSSR count). The van der Waals surface area contributed by atoms with Gasteiger partial charge >= 0.3 is 10.4 Å². The monoisotopic (exact) mass is 932 g/mol. The molecule has 0 aromatic rings. The highest BCUT2D eigenvalue weighted by Crippen LogP contribution is 2.26. The van der Waals surface area contributed by atoms with Crippen LogP contribution in [0, 0.1) is 0 Å². The quantitative estimate of drug-likeness (QED) is 0.0173. The fourth-order valence-corrected chi connectivity index (χ4v) is 8.47. The van der Waals surface area contributed by atoms with Crippen LogP contribution in [0.25, 0.3) is 0 Å². The molecule has 8 unspecified atom stereocenters. The number of carbonyl (C=O) groups is 1. The van der Waals surface area contributed by atoms with E-state index in [1.807, 2.05) is 0 Å². The molecular weight excluding hydrogens is 839 g/mol. The molecule has 1 fully saturated rings. The molecule has 1 aliphatic heterocycles. The summed E-state index contributed by atoms with van der Waals surface area (Å²) >= 11 is 0. The Labute approximate surface area is 388 Å². The van der Waals surface area contributed by atoms with Crippen molar-refractivity contribution in [2.45, 2.75) is 262 Å². The first-order valence-electron chi connectivity index (χ1n) is 25.5. The van der Waals surface area contributed by atoms with Gasteiger partial charge < -0.3 is 40.3 Å². The maximum absolute atomic E-state index is 13.1. The molecule has 14 heteroatoms. The second kappa shape index (κ2) is 40.4. The van der Waals surface area contributed by atoms with E-state index in [9.17, 15) is 43.3 Å². The van der Waals surface area contributed by atoms with Crippen molar-refractivity contribution in [2.24, 2.45) is 0 Å². The zero-order valence-electron chi connectivity index (χ0n) is 40.0. The minimum atomic E-state index is -5.13. The van der Waals surface area contributed by atoms with Gasteiger partial charge in [-0.3, -0.25) is 9.35 Å². The number of nitrogens with one attached hydrogen (secondary N) is 1. The van der Waals surface area contributed by atoms with E-state index in [0.717, 1.165) is 44.9 Å². The summed E-state index contributed by atoms with van der Waals surface area (Å²) < 4.78 is 47.6. The van der Waals surface area contributed by atoms with E-state index in [1.165, 1.54) is 141 Å². The molecule has 0 saturated carbocycles. The first-order chi connectivity index (χ1) is 30.9. The Hall–Kier alpha value is -1.72. The van der Waals surface area contributed by atoms with Gasteiger partial charge in [0.1, 0.15) is 30.5 Å². The summed E-state index contributed by atoms with van der Waals surface area (Å²) in [6.45, 7) is 3.21. The Morgan fingerprint density at radius 3 is 1.50 bits per heavy atom. The zero-order valence-corrected chi connectivity index (χ0v) is 40.8. The number of aliphatic hydroxyl groups excluding tert-OH is 5. The summed E-state index contributed by atoms with van der Waals surface area (Å²) in [6.07, 6.45) is 36.5. The SMILES string of the molecule is CCCCCCCCCCC/C=C/CC/C=C/CC/C=C/C(O)C(COC1OC(CO)C(O)C(OS(=O)(=O)O)C1O)NC(=O)C(O)CCCCCCCCCCCCCCCCCC. The van der Waals surface area contributed by atoms with Crippen LogP contribution >= 0.6 is 0 Å². The molecule has 13 nitrogen and oxygen atoms in total. The van der Waals surface area contributed by atoms with Gasteiger partial charge in [-0.25, -0.2) is 4.18 Å². The third-order valence-corrected chi connectivity index (χ3v) is 12.5. The number of carbonyl (C=O) groups excluding carboxylic acids is 1. The fraction of sp³-hybridized carbons (Fsp3) is 0.860. The van der Waals surface area contributed by atoms with Crippen molar-refractivity contribution in [3.63, 3.8) is 0 Å². The van der Waals surface area contributed by atoms with Crippen LogP contribution in [0.2, 0.25) is 0 Å². The maximum atomic E-state index is 13.1. The van der Waals surface area contributed by atoms with E-state index in [0.29, 0.717) is 12.8 Å². The van der Waals surface area contributed by atoms with E-state index in [4.69, 9.17) is 9.47 Å². The molecule has 1 amide bonds. The summed E-state index contributed by atoms with van der Waals surface area (Å²) in [5, 5.41) is 55.3. The van der Waals surface area contributed by atoms with Crippen molar-refractivity contribution in [3.05, 3.63) is 36.5 Å². The van der Waals surface area contributed by atoms with Gasteiger partial charge in [-0.2, -0.15) is 8.42 Å². The normalized spacial score (nSPS) is 21.0. The molecule has 1 saturated heterocycles. The predicted molar refractivity (Wildman–Crippen MR) is 256 cm³/mol. The van der Waals surface area contributed by atoms with Crippen LogP contribution in [-0.2, 0) is 28.9 Å². The number of aliphatic hydroxyl groups is 5. The van der Waals surface area contributed by atoms with Gasteiger partial charge in [-0.15, -0.1) is 0 Å². The largest absolute Gasteiger partial charge is 0.397 e. The number of unbranched alkanes of at least 4 members (excludes halogenated alkanes) is 26. The predicted octanol–water partition coefficient (Wildman–Crippen LogP) is 9.64. The molecule has 0 aliphatic carbocycles. The smallest absolute Gasteiger partial charge is 0.394 e. The van der Waals surface area contributed by atoms with E-state index in [2.05, 4.69) is 47.7 Å². The summed E-state index contributed by atoms with van der Waals surface area (Å²) in [5.74, 6) is -0.714. The summed E-state index contributed by atoms with van der Waals surface area (Å²) in [5.41, 5.74) is 0. The lowest BCUT2D eigenvalue weighted by atomic mass is 9.99. The molecular formula is C50H93NO12S. The number of amides is 1. The number of rotatable bonds is 43. The van der Waals surface area contributed by atoms with E-state index in [1.54, 1.807) is 6.08 Å². The highest BCUT2D eigenvalue weighted by atomic mass is 32.3. The molecule has 7 N–H and O–H groups in total. The summed E-state index contributed by atoms with van der Waals surface area (Å²) in [7, 11) is -5.13. The number of hydrogen-bond acceptors (Lipinski definition) is 11. The minimum absolute atomic E-state index is 0.237. The molecule has 0 bridgehead atoms. The lowest BCUT2D eigenvalue weighted by Crippen LogP contribution is -2.61. The Morgan fingerprint density at radius 2 is 1.05 bits per heavy atom. The lowest BCUT2D eigenvalue weighted by molar-refractivity contribution is -0.298. The molecule has 1 heterocycles. The highest BCUT2D eigenvalue weighted by Gasteiger charge is 2.48. The van der Waals surface area contributed by atoms with Crippen molar-refractivity contribution in [2.75, 3.05) is 13.2 Å². The topological polar surface area (TPSA) is 212 Å². The number of allylic oxidation sites excluding steroid dienone is 5. The summed E-state index contributed by atoms with van der Waals surface area (Å²) in [6, 6.07) is -1.14. The standard InChI is InChI=1S/C50H93NO12S/c1-3-5-7-9-11-13-15-17-19-21-22-23-25-26-28-30-32-34-36-38-43(53)42(41-61-50-47(56)48(63-64(58,59)60)46(55)45(40-52)62-50)51-49(57)44(54)39-37-35-33-31-29-27-24-20-18-16-14-12-10-8-6-4-2/h22-23,28,30,36,38,42-48,50,52-56H,3-21,24-27,29,31-35,37,39-41H2,1-2H3,(H,51,57)(H,58,59,60)/b23-22+,30-28+,38-36+. The van der Waals surface area contributed by atoms with Gasteiger partial charge in [0.05, 0.1) is 25.4 Å². The Morgan fingerprint density at radius 1 is 0.625 bits per heavy atom. The van der Waals surface area contributed by atoms with Gasteiger partial charge in [-0.1, -0.05) is 204 Å². The molecule has 0 aromatic carbocycles. The van der Waals surface area contributed by atoms with Gasteiger partial charge in [-0.05, 0) is 44.9 Å². The van der Waals surface area contributed by atoms with Crippen LogP contribution in [0.15, 0.2) is 36.5 Å². The molecule has 64 heavy (non-hydrogen) atoms. The highest BCUT2D eigenvalue weighted by molar-refractivity contribution is 7.80. The van der Waals surface area contributed by atoms with E-state index >= 15 is 0 Å². The van der Waals surface area contributed by atoms with E-state index in [-0.39, 0.29) is 6.42 Å². The first kappa shape index (κ1) is 60.3. The second-order valence-corrected chi connectivity index (χ2v) is 18.9. The van der Waals surface area contributed by atoms with Crippen LogP contribution < -0.4 is 5.32 Å². The van der Waals surface area contributed by atoms with Crippen molar-refractivity contribution in [1.82, 2.24) is 5.32 Å². The molecule has 8 atom stereocenters. The maximum Gasteiger partial charge on any atom is 0.397 e. The zero-order chi connectivity index (χ0) is 47.1. The molecule has 376 valence electrons. The van der Waals surface area contributed by atoms with Crippen molar-refractivity contribution in [3.8, 4) is 0 Å². The lowest BCUT2D eigenvalue weighted by Gasteiger charge is -2.41. The van der Waals surface area contributed by atoms with Crippen molar-refractivity contribution in [1.29, 1.82) is 0 Å². The third-order valence-electron chi connectivity index (χ3n) is 12.0. The molecule has 0 aromatic heterocycles. The van der Waals surface area contributed by atoms with Crippen LogP contribution in [0.3, 0.4) is 0 Å². The molecule has 0 radical (unpaired) electrons. The van der Waals surface area contributed by atoms with Crippen molar-refractivity contribution < 1.29 is 57.0 Å². The third kappa shape index (κ3) is 32.1. The molecule has 0 spiro atoms. The van der Waals surface area contributed by atoms with Gasteiger partial charge in [0.25, 0.3) is 0 Å². The average molecular weight is 932 g/mol. The van der Waals surface area contributed by atoms with Crippen LogP contribution in [0.5, 0.6) is 0 Å². The number of ether oxygens (including phenoxy) is 2. The Kier molecular flexibility index (Phi) is 38.0. The van der Waals surface area contributed by atoms with E-state index < -0.39 is 78.5 Å². The van der Waals surface area contributed by atoms with Crippen LogP contribution in [-0.4, -0.2) is 107 Å².